The molecule has 0 amide bonds. The standard InChI is InChI=1S/C10H9ClO3/c11-8-5-7(1-2-12)6-9-10(8)14-4-3-13-9/h2,5-6H,1,3-4H2. The van der Waals surface area contributed by atoms with Gasteiger partial charge < -0.3 is 14.3 Å². The Morgan fingerprint density at radius 2 is 2.14 bits per heavy atom. The van der Waals surface area contributed by atoms with Crippen LogP contribution in [-0.4, -0.2) is 19.5 Å². The first-order valence-corrected chi connectivity index (χ1v) is 4.70. The van der Waals surface area contributed by atoms with Crippen LogP contribution in [0.1, 0.15) is 5.56 Å². The predicted octanol–water partition coefficient (Wildman–Crippen LogP) is 1.85. The van der Waals surface area contributed by atoms with Gasteiger partial charge in [-0.25, -0.2) is 0 Å². The molecule has 1 aliphatic heterocycles. The van der Waals surface area contributed by atoms with Crippen LogP contribution in [0.4, 0.5) is 0 Å². The third kappa shape index (κ3) is 1.68. The highest BCUT2D eigenvalue weighted by Gasteiger charge is 2.16. The van der Waals surface area contributed by atoms with Crippen LogP contribution in [0.15, 0.2) is 12.1 Å². The monoisotopic (exact) mass is 212 g/mol. The van der Waals surface area contributed by atoms with Crippen molar-refractivity contribution < 1.29 is 14.3 Å². The van der Waals surface area contributed by atoms with E-state index < -0.39 is 0 Å². The number of rotatable bonds is 2. The van der Waals surface area contributed by atoms with Gasteiger partial charge in [-0.05, 0) is 17.7 Å². The van der Waals surface area contributed by atoms with Gasteiger partial charge in [0.1, 0.15) is 19.5 Å². The quantitative estimate of drug-likeness (QED) is 0.702. The van der Waals surface area contributed by atoms with Crippen molar-refractivity contribution in [2.75, 3.05) is 13.2 Å². The minimum atomic E-state index is 0.344. The Balaban J connectivity index is 2.40. The van der Waals surface area contributed by atoms with Gasteiger partial charge in [-0.3, -0.25) is 0 Å². The molecule has 1 heterocycles. The third-order valence-corrected chi connectivity index (χ3v) is 2.26. The first-order chi connectivity index (χ1) is 6.81. The van der Waals surface area contributed by atoms with Gasteiger partial charge in [-0.1, -0.05) is 11.6 Å². The molecule has 0 spiro atoms. The molecule has 14 heavy (non-hydrogen) atoms. The van der Waals surface area contributed by atoms with E-state index in [2.05, 4.69) is 0 Å². The van der Waals surface area contributed by atoms with Crippen LogP contribution in [0, 0.1) is 0 Å². The Morgan fingerprint density at radius 3 is 2.93 bits per heavy atom. The largest absolute Gasteiger partial charge is 0.486 e. The van der Waals surface area contributed by atoms with Gasteiger partial charge in [0.2, 0.25) is 0 Å². The van der Waals surface area contributed by atoms with Crippen molar-refractivity contribution >= 4 is 17.9 Å². The summed E-state index contributed by atoms with van der Waals surface area (Å²) in [7, 11) is 0. The number of hydrogen-bond donors (Lipinski definition) is 0. The van der Waals surface area contributed by atoms with Crippen LogP contribution in [0.25, 0.3) is 0 Å². The van der Waals surface area contributed by atoms with Crippen LogP contribution in [0.3, 0.4) is 0 Å². The van der Waals surface area contributed by atoms with Crippen molar-refractivity contribution in [3.63, 3.8) is 0 Å². The van der Waals surface area contributed by atoms with Crippen molar-refractivity contribution in [1.29, 1.82) is 0 Å². The van der Waals surface area contributed by atoms with E-state index in [0.717, 1.165) is 11.8 Å². The normalized spacial score (nSPS) is 13.8. The van der Waals surface area contributed by atoms with Crippen molar-refractivity contribution in [3.05, 3.63) is 22.7 Å². The van der Waals surface area contributed by atoms with Gasteiger partial charge in [0.25, 0.3) is 0 Å². The van der Waals surface area contributed by atoms with E-state index in [1.54, 1.807) is 12.1 Å². The molecular formula is C10H9ClO3. The molecule has 0 N–H and O–H groups in total. The molecule has 1 aromatic rings. The summed E-state index contributed by atoms with van der Waals surface area (Å²) in [5, 5.41) is 0.499. The fourth-order valence-electron chi connectivity index (χ4n) is 1.38. The average molecular weight is 213 g/mol. The molecular weight excluding hydrogens is 204 g/mol. The van der Waals surface area contributed by atoms with Crippen molar-refractivity contribution in [3.8, 4) is 11.5 Å². The maximum atomic E-state index is 10.3. The summed E-state index contributed by atoms with van der Waals surface area (Å²) in [6.45, 7) is 1.04. The number of fused-ring (bicyclic) bond motifs is 1. The van der Waals surface area contributed by atoms with Gasteiger partial charge >= 0.3 is 0 Å². The van der Waals surface area contributed by atoms with Crippen LogP contribution >= 0.6 is 11.6 Å². The first kappa shape index (κ1) is 9.34. The number of hydrogen-bond acceptors (Lipinski definition) is 3. The molecule has 0 aromatic heterocycles. The predicted molar refractivity (Wildman–Crippen MR) is 52.2 cm³/mol. The van der Waals surface area contributed by atoms with E-state index in [1.807, 2.05) is 0 Å². The fraction of sp³-hybridized carbons (Fsp3) is 0.300. The second-order valence-electron chi connectivity index (χ2n) is 2.97. The highest BCUT2D eigenvalue weighted by molar-refractivity contribution is 6.32. The Kier molecular flexibility index (Phi) is 2.59. The molecule has 0 unspecified atom stereocenters. The third-order valence-electron chi connectivity index (χ3n) is 1.98. The fourth-order valence-corrected chi connectivity index (χ4v) is 1.67. The highest BCUT2D eigenvalue weighted by atomic mass is 35.5. The molecule has 74 valence electrons. The molecule has 0 saturated heterocycles. The summed E-state index contributed by atoms with van der Waals surface area (Å²) in [6, 6.07) is 3.51. The van der Waals surface area contributed by atoms with Gasteiger partial charge in [-0.2, -0.15) is 0 Å². The van der Waals surface area contributed by atoms with Gasteiger partial charge in [0.15, 0.2) is 11.5 Å². The summed E-state index contributed by atoms with van der Waals surface area (Å²) in [6.07, 6.45) is 1.18. The van der Waals surface area contributed by atoms with Crippen LogP contribution in [0.2, 0.25) is 5.02 Å². The Morgan fingerprint density at radius 1 is 1.36 bits per heavy atom. The van der Waals surface area contributed by atoms with Crippen LogP contribution in [0.5, 0.6) is 11.5 Å². The zero-order chi connectivity index (χ0) is 9.97. The number of aldehydes is 1. The molecule has 3 nitrogen and oxygen atoms in total. The molecule has 0 aliphatic carbocycles. The summed E-state index contributed by atoms with van der Waals surface area (Å²) >= 11 is 5.96. The van der Waals surface area contributed by atoms with Crippen molar-refractivity contribution in [2.45, 2.75) is 6.42 Å². The maximum Gasteiger partial charge on any atom is 0.179 e. The van der Waals surface area contributed by atoms with E-state index in [1.165, 1.54) is 0 Å². The SMILES string of the molecule is O=CCc1cc(Cl)c2c(c1)OCCO2. The minimum absolute atomic E-state index is 0.344. The lowest BCUT2D eigenvalue weighted by atomic mass is 10.1. The number of carbonyl (C=O) groups is 1. The van der Waals surface area contributed by atoms with Gasteiger partial charge in [-0.15, -0.1) is 0 Å². The summed E-state index contributed by atoms with van der Waals surface area (Å²) in [5.74, 6) is 1.20. The summed E-state index contributed by atoms with van der Waals surface area (Å²) in [5.41, 5.74) is 0.842. The molecule has 0 fully saturated rings. The molecule has 0 atom stereocenters. The zero-order valence-corrected chi connectivity index (χ0v) is 8.21. The van der Waals surface area contributed by atoms with Crippen LogP contribution < -0.4 is 9.47 Å². The Labute approximate surface area is 86.6 Å². The van der Waals surface area contributed by atoms with Gasteiger partial charge in [0, 0.05) is 6.42 Å². The Bertz CT molecular complexity index is 363. The topological polar surface area (TPSA) is 35.5 Å². The number of halogens is 1. The molecule has 1 aromatic carbocycles. The van der Waals surface area contributed by atoms with Crippen molar-refractivity contribution in [1.82, 2.24) is 0 Å². The molecule has 0 radical (unpaired) electrons. The number of benzene rings is 1. The lowest BCUT2D eigenvalue weighted by Gasteiger charge is -2.19. The highest BCUT2D eigenvalue weighted by Crippen LogP contribution is 2.38. The second kappa shape index (κ2) is 3.88. The molecule has 0 bridgehead atoms. The first-order valence-electron chi connectivity index (χ1n) is 4.33. The molecule has 4 heteroatoms. The van der Waals surface area contributed by atoms with E-state index in [0.29, 0.717) is 36.2 Å². The zero-order valence-electron chi connectivity index (χ0n) is 7.46. The lowest BCUT2D eigenvalue weighted by molar-refractivity contribution is -0.107. The smallest absolute Gasteiger partial charge is 0.179 e. The minimum Gasteiger partial charge on any atom is -0.486 e. The number of ether oxygens (including phenoxy) is 2. The van der Waals surface area contributed by atoms with Gasteiger partial charge in [0.05, 0.1) is 5.02 Å². The van der Waals surface area contributed by atoms with E-state index in [4.69, 9.17) is 21.1 Å². The average Bonchev–Trinajstić information content (AvgIpc) is 2.18. The lowest BCUT2D eigenvalue weighted by Crippen LogP contribution is -2.15. The molecule has 2 rings (SSSR count). The molecule has 0 saturated carbocycles. The molecule has 1 aliphatic rings. The Hall–Kier alpha value is -1.22. The maximum absolute atomic E-state index is 10.3. The summed E-state index contributed by atoms with van der Waals surface area (Å²) in [4.78, 5) is 10.3. The van der Waals surface area contributed by atoms with Crippen molar-refractivity contribution in [2.24, 2.45) is 0 Å². The second-order valence-corrected chi connectivity index (χ2v) is 3.38. The van der Waals surface area contributed by atoms with Crippen LogP contribution in [-0.2, 0) is 11.2 Å². The summed E-state index contributed by atoms with van der Waals surface area (Å²) < 4.78 is 10.7. The number of carbonyl (C=O) groups excluding carboxylic acids is 1. The van der Waals surface area contributed by atoms with E-state index in [-0.39, 0.29) is 0 Å². The van der Waals surface area contributed by atoms with E-state index >= 15 is 0 Å². The van der Waals surface area contributed by atoms with E-state index in [9.17, 15) is 4.79 Å².